The molecule has 1 amide bonds. The highest BCUT2D eigenvalue weighted by Gasteiger charge is 2.22. The van der Waals surface area contributed by atoms with E-state index < -0.39 is 0 Å². The molecule has 1 saturated carbocycles. The van der Waals surface area contributed by atoms with Crippen LogP contribution in [0, 0.1) is 5.92 Å². The standard InChI is InChI=1S/C16H20N2O2S/c1-11-6-2-3-7-12(11)17-15(19)10-21-16-18-13-8-4-5-9-14(13)20-16/h4-5,8-9,11-12H,2-3,6-7,10H2,1H3,(H,17,19)/t11-,12-/m1/s1. The lowest BCUT2D eigenvalue weighted by molar-refractivity contribution is -0.119. The smallest absolute Gasteiger partial charge is 0.257 e. The first kappa shape index (κ1) is 14.4. The molecule has 1 aliphatic carbocycles. The zero-order valence-corrected chi connectivity index (χ0v) is 13.0. The summed E-state index contributed by atoms with van der Waals surface area (Å²) in [6, 6.07) is 7.97. The van der Waals surface area contributed by atoms with Crippen molar-refractivity contribution in [1.29, 1.82) is 0 Å². The van der Waals surface area contributed by atoms with Crippen LogP contribution < -0.4 is 5.32 Å². The van der Waals surface area contributed by atoms with Gasteiger partial charge in [-0.2, -0.15) is 0 Å². The molecule has 0 spiro atoms. The van der Waals surface area contributed by atoms with Crippen LogP contribution in [0.1, 0.15) is 32.6 Å². The van der Waals surface area contributed by atoms with Gasteiger partial charge >= 0.3 is 0 Å². The molecule has 1 aromatic heterocycles. The molecule has 4 nitrogen and oxygen atoms in total. The van der Waals surface area contributed by atoms with E-state index in [4.69, 9.17) is 4.42 Å². The number of thioether (sulfide) groups is 1. The summed E-state index contributed by atoms with van der Waals surface area (Å²) >= 11 is 1.35. The van der Waals surface area contributed by atoms with Crippen LogP contribution in [-0.2, 0) is 4.79 Å². The molecule has 0 unspecified atom stereocenters. The molecule has 1 heterocycles. The van der Waals surface area contributed by atoms with Crippen LogP contribution in [0.2, 0.25) is 0 Å². The largest absolute Gasteiger partial charge is 0.431 e. The molecule has 112 valence electrons. The summed E-state index contributed by atoms with van der Waals surface area (Å²) in [6.07, 6.45) is 4.81. The second kappa shape index (κ2) is 6.52. The van der Waals surface area contributed by atoms with E-state index in [0.717, 1.165) is 17.5 Å². The molecule has 0 radical (unpaired) electrons. The maximum atomic E-state index is 12.0. The zero-order valence-electron chi connectivity index (χ0n) is 12.2. The highest BCUT2D eigenvalue weighted by molar-refractivity contribution is 7.99. The van der Waals surface area contributed by atoms with Gasteiger partial charge in [-0.1, -0.05) is 43.7 Å². The summed E-state index contributed by atoms with van der Waals surface area (Å²) in [5, 5.41) is 3.70. The monoisotopic (exact) mass is 304 g/mol. The van der Waals surface area contributed by atoms with Crippen LogP contribution in [0.15, 0.2) is 33.9 Å². The number of nitrogens with zero attached hydrogens (tertiary/aromatic N) is 1. The average molecular weight is 304 g/mol. The van der Waals surface area contributed by atoms with E-state index in [-0.39, 0.29) is 5.91 Å². The minimum absolute atomic E-state index is 0.0704. The predicted molar refractivity (Wildman–Crippen MR) is 84.3 cm³/mol. The van der Waals surface area contributed by atoms with Crippen LogP contribution in [0.25, 0.3) is 11.1 Å². The topological polar surface area (TPSA) is 55.1 Å². The molecule has 2 aromatic rings. The lowest BCUT2D eigenvalue weighted by atomic mass is 9.86. The molecule has 1 aliphatic rings. The molecule has 0 bridgehead atoms. The molecule has 0 aliphatic heterocycles. The number of oxazole rings is 1. The Bertz CT molecular complexity index is 593. The minimum atomic E-state index is 0.0704. The van der Waals surface area contributed by atoms with Gasteiger partial charge < -0.3 is 9.73 Å². The Morgan fingerprint density at radius 1 is 1.38 bits per heavy atom. The number of carbonyl (C=O) groups excluding carboxylic acids is 1. The number of fused-ring (bicyclic) bond motifs is 1. The first-order valence-corrected chi connectivity index (χ1v) is 8.48. The summed E-state index contributed by atoms with van der Waals surface area (Å²) in [7, 11) is 0. The van der Waals surface area contributed by atoms with Crippen molar-refractivity contribution in [1.82, 2.24) is 10.3 Å². The van der Waals surface area contributed by atoms with Gasteiger partial charge in [-0.05, 0) is 30.9 Å². The van der Waals surface area contributed by atoms with Crippen LogP contribution >= 0.6 is 11.8 Å². The van der Waals surface area contributed by atoms with Gasteiger partial charge in [0.1, 0.15) is 5.52 Å². The van der Waals surface area contributed by atoms with Crippen molar-refractivity contribution in [2.24, 2.45) is 5.92 Å². The number of amides is 1. The maximum absolute atomic E-state index is 12.0. The number of hydrogen-bond acceptors (Lipinski definition) is 4. The summed E-state index contributed by atoms with van der Waals surface area (Å²) in [5.74, 6) is 1.01. The Morgan fingerprint density at radius 2 is 2.19 bits per heavy atom. The lowest BCUT2D eigenvalue weighted by Crippen LogP contribution is -2.41. The predicted octanol–water partition coefficient (Wildman–Crippen LogP) is 3.61. The Labute approximate surface area is 128 Å². The third-order valence-corrected chi connectivity index (χ3v) is 4.89. The first-order chi connectivity index (χ1) is 10.2. The van der Waals surface area contributed by atoms with Crippen molar-refractivity contribution in [3.8, 4) is 0 Å². The number of carbonyl (C=O) groups is 1. The molecule has 1 aromatic carbocycles. The van der Waals surface area contributed by atoms with Crippen LogP contribution in [-0.4, -0.2) is 22.7 Å². The van der Waals surface area contributed by atoms with Crippen LogP contribution in [0.5, 0.6) is 0 Å². The van der Waals surface area contributed by atoms with Crippen molar-refractivity contribution in [2.45, 2.75) is 43.9 Å². The number of aromatic nitrogens is 1. The van der Waals surface area contributed by atoms with Crippen LogP contribution in [0.4, 0.5) is 0 Å². The van der Waals surface area contributed by atoms with Crippen molar-refractivity contribution < 1.29 is 9.21 Å². The molecule has 3 rings (SSSR count). The SMILES string of the molecule is C[C@@H]1CCCC[C@H]1NC(=O)CSc1nc2ccccc2o1. The second-order valence-corrected chi connectivity index (χ2v) is 6.60. The zero-order chi connectivity index (χ0) is 14.7. The first-order valence-electron chi connectivity index (χ1n) is 7.50. The fraction of sp³-hybridized carbons (Fsp3) is 0.500. The van der Waals surface area contributed by atoms with E-state index in [1.165, 1.54) is 31.0 Å². The summed E-state index contributed by atoms with van der Waals surface area (Å²) in [6.45, 7) is 2.22. The Hall–Kier alpha value is -1.49. The molecule has 2 atom stereocenters. The fourth-order valence-electron chi connectivity index (χ4n) is 2.82. The maximum Gasteiger partial charge on any atom is 0.257 e. The molecule has 21 heavy (non-hydrogen) atoms. The number of nitrogens with one attached hydrogen (secondary N) is 1. The minimum Gasteiger partial charge on any atom is -0.431 e. The molecule has 1 N–H and O–H groups in total. The summed E-state index contributed by atoms with van der Waals surface area (Å²) in [5.41, 5.74) is 1.60. The van der Waals surface area contributed by atoms with E-state index in [9.17, 15) is 4.79 Å². The van der Waals surface area contributed by atoms with Gasteiger partial charge in [0.2, 0.25) is 5.91 Å². The normalized spacial score (nSPS) is 22.3. The van der Waals surface area contributed by atoms with Gasteiger partial charge in [0.05, 0.1) is 5.75 Å². The number of rotatable bonds is 4. The highest BCUT2D eigenvalue weighted by atomic mass is 32.2. The fourth-order valence-corrected chi connectivity index (χ4v) is 3.47. The lowest BCUT2D eigenvalue weighted by Gasteiger charge is -2.29. The van der Waals surface area contributed by atoms with Crippen LogP contribution in [0.3, 0.4) is 0 Å². The number of benzene rings is 1. The van der Waals surface area contributed by atoms with Crippen molar-refractivity contribution >= 4 is 28.8 Å². The second-order valence-electron chi connectivity index (χ2n) is 5.67. The quantitative estimate of drug-likeness (QED) is 0.877. The Kier molecular flexibility index (Phi) is 4.48. The van der Waals surface area contributed by atoms with Gasteiger partial charge in [0, 0.05) is 6.04 Å². The third kappa shape index (κ3) is 3.59. The summed E-state index contributed by atoms with van der Waals surface area (Å²) in [4.78, 5) is 16.4. The van der Waals surface area contributed by atoms with Gasteiger partial charge in [0.25, 0.3) is 5.22 Å². The number of hydrogen-bond donors (Lipinski definition) is 1. The van der Waals surface area contributed by atoms with E-state index in [0.29, 0.717) is 22.9 Å². The summed E-state index contributed by atoms with van der Waals surface area (Å²) < 4.78 is 5.60. The van der Waals surface area contributed by atoms with Crippen molar-refractivity contribution in [3.05, 3.63) is 24.3 Å². The van der Waals surface area contributed by atoms with E-state index >= 15 is 0 Å². The molecular weight excluding hydrogens is 284 g/mol. The van der Waals surface area contributed by atoms with Gasteiger partial charge in [-0.3, -0.25) is 4.79 Å². The van der Waals surface area contributed by atoms with E-state index in [1.807, 2.05) is 24.3 Å². The molecule has 0 saturated heterocycles. The Balaban J connectivity index is 1.53. The van der Waals surface area contributed by atoms with E-state index in [1.54, 1.807) is 0 Å². The molecule has 1 fully saturated rings. The van der Waals surface area contributed by atoms with Gasteiger partial charge in [-0.15, -0.1) is 0 Å². The molecule has 5 heteroatoms. The highest BCUT2D eigenvalue weighted by Crippen LogP contribution is 2.25. The number of para-hydroxylation sites is 2. The molecular formula is C16H20N2O2S. The van der Waals surface area contributed by atoms with Crippen molar-refractivity contribution in [3.63, 3.8) is 0 Å². The van der Waals surface area contributed by atoms with Gasteiger partial charge in [-0.25, -0.2) is 4.98 Å². The van der Waals surface area contributed by atoms with Gasteiger partial charge in [0.15, 0.2) is 5.58 Å². The third-order valence-electron chi connectivity index (χ3n) is 4.06. The van der Waals surface area contributed by atoms with Crippen molar-refractivity contribution in [2.75, 3.05) is 5.75 Å². The average Bonchev–Trinajstić information content (AvgIpc) is 2.90. The Morgan fingerprint density at radius 3 is 3.00 bits per heavy atom. The van der Waals surface area contributed by atoms with E-state index in [2.05, 4.69) is 17.2 Å².